The van der Waals surface area contributed by atoms with E-state index in [4.69, 9.17) is 5.73 Å². The predicted octanol–water partition coefficient (Wildman–Crippen LogP) is 3.32. The summed E-state index contributed by atoms with van der Waals surface area (Å²) in [5.74, 6) is 0. The first-order valence-corrected chi connectivity index (χ1v) is 8.23. The van der Waals surface area contributed by atoms with E-state index in [9.17, 15) is 10.1 Å². The summed E-state index contributed by atoms with van der Waals surface area (Å²) < 4.78 is 0. The van der Waals surface area contributed by atoms with Gasteiger partial charge in [0.15, 0.2) is 0 Å². The molecule has 0 spiro atoms. The average molecular weight is 313 g/mol. The molecule has 5 nitrogen and oxygen atoms in total. The zero-order valence-electron chi connectivity index (χ0n) is 13.3. The lowest BCUT2D eigenvalue weighted by Crippen LogP contribution is -2.44. The quantitative estimate of drug-likeness (QED) is 0.682. The van der Waals surface area contributed by atoms with E-state index in [1.54, 1.807) is 12.1 Å². The molecule has 0 amide bonds. The molecule has 2 saturated heterocycles. The number of nitrogens with two attached hydrogens (primary N) is 1. The fourth-order valence-corrected chi connectivity index (χ4v) is 3.85. The van der Waals surface area contributed by atoms with E-state index in [0.29, 0.717) is 5.54 Å². The zero-order valence-corrected chi connectivity index (χ0v) is 13.3. The summed E-state index contributed by atoms with van der Waals surface area (Å²) in [5, 5.41) is 12.4. The highest BCUT2D eigenvalue weighted by Gasteiger charge is 2.42. The third kappa shape index (κ3) is 3.21. The average Bonchev–Trinajstić information content (AvgIpc) is 3.15. The lowest BCUT2D eigenvalue weighted by atomic mass is 9.95. The largest absolute Gasteiger partial charge is 0.329 e. The van der Waals surface area contributed by atoms with Gasteiger partial charge in [0.2, 0.25) is 0 Å². The van der Waals surface area contributed by atoms with Gasteiger partial charge in [-0.05, 0) is 55.6 Å². The lowest BCUT2D eigenvalue weighted by Gasteiger charge is -2.30. The molecule has 0 aromatic heterocycles. The van der Waals surface area contributed by atoms with Crippen molar-refractivity contribution in [3.8, 4) is 0 Å². The molecule has 0 bridgehead atoms. The molecule has 122 valence electrons. The Morgan fingerprint density at radius 1 is 1.09 bits per heavy atom. The Balaban J connectivity index is 0.000000140. The molecule has 5 heteroatoms. The number of nitrogens with zero attached hydrogens (tertiary/aromatic N) is 2. The van der Waals surface area contributed by atoms with Crippen molar-refractivity contribution in [1.29, 1.82) is 0 Å². The van der Waals surface area contributed by atoms with Crippen molar-refractivity contribution in [2.24, 2.45) is 5.73 Å². The summed E-state index contributed by atoms with van der Waals surface area (Å²) in [6, 6.07) is 12.4. The van der Waals surface area contributed by atoms with Gasteiger partial charge in [-0.3, -0.25) is 15.0 Å². The van der Waals surface area contributed by atoms with E-state index < -0.39 is 0 Å². The molecule has 0 atom stereocenters. The smallest absolute Gasteiger partial charge is 0.270 e. The van der Waals surface area contributed by atoms with E-state index >= 15 is 0 Å². The highest BCUT2D eigenvalue weighted by Crippen LogP contribution is 2.37. The fraction of sp³-hybridized carbons (Fsp3) is 0.444. The van der Waals surface area contributed by atoms with Crippen molar-refractivity contribution < 1.29 is 4.92 Å². The Bertz CT molecular complexity index is 691. The highest BCUT2D eigenvalue weighted by molar-refractivity contribution is 5.84. The van der Waals surface area contributed by atoms with Crippen molar-refractivity contribution >= 4 is 16.5 Å². The Morgan fingerprint density at radius 2 is 1.74 bits per heavy atom. The summed E-state index contributed by atoms with van der Waals surface area (Å²) in [6.45, 7) is 3.49. The van der Waals surface area contributed by atoms with Crippen LogP contribution < -0.4 is 5.73 Å². The standard InChI is InChI=1S/C10H7NO2.C8H16N2/c12-11(13)10-6-5-8-3-1-2-4-9(8)7-10;9-7-8-3-1-5-10(8)6-2-4-8/h1-7H;1-7,9H2. The number of nitro groups is 1. The van der Waals surface area contributed by atoms with E-state index in [0.717, 1.165) is 17.3 Å². The van der Waals surface area contributed by atoms with Gasteiger partial charge in [-0.25, -0.2) is 0 Å². The molecular weight excluding hydrogens is 290 g/mol. The van der Waals surface area contributed by atoms with Crippen LogP contribution in [0.25, 0.3) is 10.8 Å². The van der Waals surface area contributed by atoms with Gasteiger partial charge in [0, 0.05) is 24.2 Å². The third-order valence-electron chi connectivity index (χ3n) is 5.13. The Hall–Kier alpha value is -1.98. The number of hydrogen-bond acceptors (Lipinski definition) is 4. The van der Waals surface area contributed by atoms with Crippen LogP contribution in [0.5, 0.6) is 0 Å². The van der Waals surface area contributed by atoms with Gasteiger partial charge in [0.05, 0.1) is 4.92 Å². The predicted molar refractivity (Wildman–Crippen MR) is 92.4 cm³/mol. The summed E-state index contributed by atoms with van der Waals surface area (Å²) in [6.07, 6.45) is 5.45. The second-order valence-electron chi connectivity index (χ2n) is 6.41. The second kappa shape index (κ2) is 6.64. The van der Waals surface area contributed by atoms with Crippen LogP contribution in [0.2, 0.25) is 0 Å². The van der Waals surface area contributed by atoms with Gasteiger partial charge in [-0.2, -0.15) is 0 Å². The molecule has 2 heterocycles. The molecule has 4 rings (SSSR count). The van der Waals surface area contributed by atoms with E-state index in [1.165, 1.54) is 44.8 Å². The summed E-state index contributed by atoms with van der Waals surface area (Å²) in [4.78, 5) is 12.7. The van der Waals surface area contributed by atoms with Crippen molar-refractivity contribution in [3.05, 3.63) is 52.6 Å². The van der Waals surface area contributed by atoms with E-state index in [2.05, 4.69) is 4.90 Å². The van der Waals surface area contributed by atoms with Crippen LogP contribution in [-0.2, 0) is 0 Å². The third-order valence-corrected chi connectivity index (χ3v) is 5.13. The molecule has 0 aliphatic carbocycles. The fourth-order valence-electron chi connectivity index (χ4n) is 3.85. The second-order valence-corrected chi connectivity index (χ2v) is 6.41. The minimum atomic E-state index is -0.382. The minimum absolute atomic E-state index is 0.138. The van der Waals surface area contributed by atoms with Crippen molar-refractivity contribution in [3.63, 3.8) is 0 Å². The van der Waals surface area contributed by atoms with Gasteiger partial charge in [-0.1, -0.05) is 24.3 Å². The van der Waals surface area contributed by atoms with Crippen LogP contribution in [0.3, 0.4) is 0 Å². The summed E-state index contributed by atoms with van der Waals surface area (Å²) in [7, 11) is 0. The molecule has 2 aromatic rings. The van der Waals surface area contributed by atoms with Gasteiger partial charge in [0.1, 0.15) is 0 Å². The molecule has 23 heavy (non-hydrogen) atoms. The maximum atomic E-state index is 10.5. The van der Waals surface area contributed by atoms with E-state index in [1.807, 2.05) is 24.3 Å². The van der Waals surface area contributed by atoms with Crippen LogP contribution in [0.4, 0.5) is 5.69 Å². The van der Waals surface area contributed by atoms with Gasteiger partial charge < -0.3 is 5.73 Å². The van der Waals surface area contributed by atoms with Crippen LogP contribution in [0, 0.1) is 10.1 Å². The van der Waals surface area contributed by atoms with Gasteiger partial charge >= 0.3 is 0 Å². The topological polar surface area (TPSA) is 72.4 Å². The Kier molecular flexibility index (Phi) is 4.59. The molecule has 0 unspecified atom stereocenters. The van der Waals surface area contributed by atoms with Gasteiger partial charge in [0.25, 0.3) is 5.69 Å². The molecule has 2 N–H and O–H groups in total. The van der Waals surface area contributed by atoms with Crippen LogP contribution in [-0.4, -0.2) is 35.0 Å². The number of nitro benzene ring substituents is 1. The number of rotatable bonds is 2. The molecule has 0 saturated carbocycles. The number of non-ortho nitro benzene ring substituents is 1. The van der Waals surface area contributed by atoms with Crippen LogP contribution in [0.1, 0.15) is 25.7 Å². The van der Waals surface area contributed by atoms with Crippen molar-refractivity contribution in [2.75, 3.05) is 19.6 Å². The Morgan fingerprint density at radius 3 is 2.30 bits per heavy atom. The normalized spacial score (nSPS) is 19.2. The summed E-state index contributed by atoms with van der Waals surface area (Å²) in [5.41, 5.74) is 6.36. The molecule has 2 aliphatic rings. The highest BCUT2D eigenvalue weighted by atomic mass is 16.6. The maximum absolute atomic E-state index is 10.5. The monoisotopic (exact) mass is 313 g/mol. The summed E-state index contributed by atoms with van der Waals surface area (Å²) >= 11 is 0. The lowest BCUT2D eigenvalue weighted by molar-refractivity contribution is -0.384. The number of hydrogen-bond donors (Lipinski definition) is 1. The van der Waals surface area contributed by atoms with Gasteiger partial charge in [-0.15, -0.1) is 0 Å². The van der Waals surface area contributed by atoms with Crippen molar-refractivity contribution in [1.82, 2.24) is 4.90 Å². The number of fused-ring (bicyclic) bond motifs is 2. The van der Waals surface area contributed by atoms with Crippen LogP contribution >= 0.6 is 0 Å². The first-order chi connectivity index (χ1) is 11.1. The first-order valence-electron chi connectivity index (χ1n) is 8.23. The molecule has 2 aliphatic heterocycles. The zero-order chi connectivity index (χ0) is 16.3. The van der Waals surface area contributed by atoms with Crippen molar-refractivity contribution in [2.45, 2.75) is 31.2 Å². The molecular formula is C18H23N3O2. The molecule has 2 fully saturated rings. The maximum Gasteiger partial charge on any atom is 0.270 e. The number of benzene rings is 2. The first kappa shape index (κ1) is 15.9. The van der Waals surface area contributed by atoms with Crippen LogP contribution in [0.15, 0.2) is 42.5 Å². The molecule has 2 aromatic carbocycles. The molecule has 0 radical (unpaired) electrons. The minimum Gasteiger partial charge on any atom is -0.329 e. The van der Waals surface area contributed by atoms with E-state index in [-0.39, 0.29) is 10.6 Å². The Labute approximate surface area is 136 Å². The SMILES string of the molecule is NCC12CCCN1CCC2.O=[N+]([O-])c1ccc2ccccc2c1.